The summed E-state index contributed by atoms with van der Waals surface area (Å²) in [4.78, 5) is 22.5. The summed E-state index contributed by atoms with van der Waals surface area (Å²) in [6.45, 7) is 6.56. The zero-order valence-electron chi connectivity index (χ0n) is 12.8. The highest BCUT2D eigenvalue weighted by molar-refractivity contribution is 5.92. The average Bonchev–Trinajstić information content (AvgIpc) is 3.11. The van der Waals surface area contributed by atoms with Crippen molar-refractivity contribution in [1.82, 2.24) is 15.1 Å². The van der Waals surface area contributed by atoms with Crippen molar-refractivity contribution in [1.29, 1.82) is 0 Å². The van der Waals surface area contributed by atoms with Crippen LogP contribution in [0.4, 0.5) is 0 Å². The molecule has 0 aliphatic heterocycles. The summed E-state index contributed by atoms with van der Waals surface area (Å²) in [6, 6.07) is 1.87. The van der Waals surface area contributed by atoms with E-state index in [1.165, 1.54) is 0 Å². The van der Waals surface area contributed by atoms with Crippen LogP contribution < -0.4 is 5.32 Å². The molecule has 2 rings (SSSR count). The van der Waals surface area contributed by atoms with Gasteiger partial charge in [0.25, 0.3) is 5.91 Å². The fourth-order valence-electron chi connectivity index (χ4n) is 2.25. The Morgan fingerprint density at radius 3 is 2.62 bits per heavy atom. The van der Waals surface area contributed by atoms with Crippen molar-refractivity contribution < 1.29 is 14.7 Å². The predicted molar refractivity (Wildman–Crippen MR) is 78.4 cm³/mol. The molecule has 1 saturated carbocycles. The third kappa shape index (κ3) is 4.06. The molecule has 1 aromatic rings. The van der Waals surface area contributed by atoms with E-state index in [2.05, 4.69) is 31.2 Å². The van der Waals surface area contributed by atoms with Gasteiger partial charge < -0.3 is 10.4 Å². The van der Waals surface area contributed by atoms with Gasteiger partial charge in [-0.3, -0.25) is 14.3 Å². The van der Waals surface area contributed by atoms with Crippen LogP contribution in [0.2, 0.25) is 0 Å². The maximum atomic E-state index is 12.1. The summed E-state index contributed by atoms with van der Waals surface area (Å²) in [5.41, 5.74) is 1.39. The number of amides is 1. The molecule has 6 nitrogen and oxygen atoms in total. The minimum atomic E-state index is -0.850. The van der Waals surface area contributed by atoms with E-state index in [0.29, 0.717) is 24.6 Å². The number of carbonyl (C=O) groups excluding carboxylic acids is 1. The molecule has 1 fully saturated rings. The van der Waals surface area contributed by atoms with Crippen molar-refractivity contribution >= 4 is 11.9 Å². The van der Waals surface area contributed by atoms with Crippen LogP contribution in [0.5, 0.6) is 0 Å². The van der Waals surface area contributed by atoms with Crippen LogP contribution in [0, 0.1) is 0 Å². The van der Waals surface area contributed by atoms with Gasteiger partial charge in [0.1, 0.15) is 5.69 Å². The molecule has 1 heterocycles. The number of aliphatic carboxylic acids is 1. The monoisotopic (exact) mass is 293 g/mol. The van der Waals surface area contributed by atoms with Crippen LogP contribution in [0.1, 0.15) is 68.6 Å². The first-order chi connectivity index (χ1) is 9.79. The number of nitrogens with zero attached hydrogens (tertiary/aromatic N) is 2. The molecule has 116 valence electrons. The van der Waals surface area contributed by atoms with Crippen LogP contribution in [0.15, 0.2) is 6.07 Å². The predicted octanol–water partition coefficient (Wildman–Crippen LogP) is 2.11. The number of hydrogen-bond acceptors (Lipinski definition) is 3. The summed E-state index contributed by atoms with van der Waals surface area (Å²) in [7, 11) is 0. The summed E-state index contributed by atoms with van der Waals surface area (Å²) < 4.78 is 1.94. The number of carbonyl (C=O) groups is 2. The lowest BCUT2D eigenvalue weighted by molar-refractivity contribution is -0.137. The van der Waals surface area contributed by atoms with Crippen molar-refractivity contribution in [2.24, 2.45) is 0 Å². The third-order valence-corrected chi connectivity index (χ3v) is 3.45. The molecule has 1 aromatic heterocycles. The molecular weight excluding hydrogens is 270 g/mol. The molecule has 0 aromatic carbocycles. The Bertz CT molecular complexity index is 539. The Morgan fingerprint density at radius 1 is 1.43 bits per heavy atom. The van der Waals surface area contributed by atoms with Gasteiger partial charge in [0, 0.05) is 24.6 Å². The van der Waals surface area contributed by atoms with E-state index in [1.807, 2.05) is 10.7 Å². The van der Waals surface area contributed by atoms with E-state index in [9.17, 15) is 9.59 Å². The minimum Gasteiger partial charge on any atom is -0.481 e. The van der Waals surface area contributed by atoms with Crippen LogP contribution in [0.25, 0.3) is 0 Å². The van der Waals surface area contributed by atoms with Crippen molar-refractivity contribution in [2.75, 3.05) is 6.54 Å². The van der Waals surface area contributed by atoms with Gasteiger partial charge >= 0.3 is 5.97 Å². The number of hydrogen-bond donors (Lipinski definition) is 2. The molecule has 6 heteroatoms. The summed E-state index contributed by atoms with van der Waals surface area (Å²) >= 11 is 0. The standard InChI is InChI=1S/C15H23N3O3/c1-15(2,3)18-12(10-6-7-10)9-11(17-18)14(21)16-8-4-5-13(19)20/h9-10H,4-8H2,1-3H3,(H,16,21)(H,19,20). The van der Waals surface area contributed by atoms with Gasteiger partial charge in [-0.05, 0) is 46.1 Å². The molecule has 0 saturated heterocycles. The SMILES string of the molecule is CC(C)(C)n1nc(C(=O)NCCCC(=O)O)cc1C1CC1. The van der Waals surface area contributed by atoms with Crippen molar-refractivity contribution in [3.05, 3.63) is 17.5 Å². The number of carboxylic acid groups (broad SMARTS) is 1. The molecule has 1 aliphatic carbocycles. The maximum Gasteiger partial charge on any atom is 0.303 e. The minimum absolute atomic E-state index is 0.0596. The van der Waals surface area contributed by atoms with Gasteiger partial charge in [0.05, 0.1) is 5.54 Å². The number of nitrogens with one attached hydrogen (secondary N) is 1. The Labute approximate surface area is 124 Å². The lowest BCUT2D eigenvalue weighted by Crippen LogP contribution is -2.28. The van der Waals surface area contributed by atoms with Crippen molar-refractivity contribution in [3.63, 3.8) is 0 Å². The first-order valence-corrected chi connectivity index (χ1v) is 7.39. The Balaban J connectivity index is 2.02. The molecule has 0 atom stereocenters. The normalized spacial score (nSPS) is 15.0. The van der Waals surface area contributed by atoms with Crippen LogP contribution in [-0.2, 0) is 10.3 Å². The van der Waals surface area contributed by atoms with E-state index >= 15 is 0 Å². The highest BCUT2D eigenvalue weighted by Crippen LogP contribution is 2.41. The van der Waals surface area contributed by atoms with Gasteiger partial charge in [0.2, 0.25) is 0 Å². The molecule has 0 radical (unpaired) electrons. The third-order valence-electron chi connectivity index (χ3n) is 3.45. The fraction of sp³-hybridized carbons (Fsp3) is 0.667. The topological polar surface area (TPSA) is 84.2 Å². The Morgan fingerprint density at radius 2 is 2.10 bits per heavy atom. The molecule has 21 heavy (non-hydrogen) atoms. The summed E-state index contributed by atoms with van der Waals surface area (Å²) in [6.07, 6.45) is 2.80. The van der Waals surface area contributed by atoms with E-state index in [-0.39, 0.29) is 17.9 Å². The molecule has 0 bridgehead atoms. The average molecular weight is 293 g/mol. The second-order valence-electron chi connectivity index (χ2n) is 6.56. The maximum absolute atomic E-state index is 12.1. The van der Waals surface area contributed by atoms with Crippen LogP contribution in [-0.4, -0.2) is 33.3 Å². The summed E-state index contributed by atoms with van der Waals surface area (Å²) in [5, 5.41) is 15.7. The highest BCUT2D eigenvalue weighted by atomic mass is 16.4. The molecule has 2 N–H and O–H groups in total. The van der Waals surface area contributed by atoms with Gasteiger partial charge in [-0.2, -0.15) is 5.10 Å². The second-order valence-corrected chi connectivity index (χ2v) is 6.56. The summed E-state index contributed by atoms with van der Waals surface area (Å²) in [5.74, 6) is -0.562. The van der Waals surface area contributed by atoms with E-state index < -0.39 is 5.97 Å². The van der Waals surface area contributed by atoms with Crippen LogP contribution >= 0.6 is 0 Å². The molecule has 0 unspecified atom stereocenters. The highest BCUT2D eigenvalue weighted by Gasteiger charge is 2.32. The van der Waals surface area contributed by atoms with E-state index in [1.54, 1.807) is 0 Å². The van der Waals surface area contributed by atoms with Gasteiger partial charge in [0.15, 0.2) is 0 Å². The number of rotatable bonds is 6. The Kier molecular flexibility index (Phi) is 4.34. The molecule has 1 aliphatic rings. The van der Waals surface area contributed by atoms with E-state index in [0.717, 1.165) is 18.5 Å². The van der Waals surface area contributed by atoms with Gasteiger partial charge in [-0.15, -0.1) is 0 Å². The number of carboxylic acids is 1. The zero-order chi connectivity index (χ0) is 15.6. The lowest BCUT2D eigenvalue weighted by atomic mass is 10.1. The second kappa shape index (κ2) is 5.87. The fourth-order valence-corrected chi connectivity index (χ4v) is 2.25. The zero-order valence-corrected chi connectivity index (χ0v) is 12.8. The quantitative estimate of drug-likeness (QED) is 0.787. The number of aromatic nitrogens is 2. The lowest BCUT2D eigenvalue weighted by Gasteiger charge is -2.22. The van der Waals surface area contributed by atoms with Gasteiger partial charge in [-0.1, -0.05) is 0 Å². The van der Waals surface area contributed by atoms with Gasteiger partial charge in [-0.25, -0.2) is 0 Å². The van der Waals surface area contributed by atoms with Crippen molar-refractivity contribution in [3.8, 4) is 0 Å². The first kappa shape index (κ1) is 15.5. The molecule has 1 amide bonds. The molecular formula is C15H23N3O3. The van der Waals surface area contributed by atoms with E-state index in [4.69, 9.17) is 5.11 Å². The largest absolute Gasteiger partial charge is 0.481 e. The smallest absolute Gasteiger partial charge is 0.303 e. The van der Waals surface area contributed by atoms with Crippen LogP contribution in [0.3, 0.4) is 0 Å². The first-order valence-electron chi connectivity index (χ1n) is 7.39. The molecule has 0 spiro atoms. The Hall–Kier alpha value is -1.85. The van der Waals surface area contributed by atoms with Crippen molar-refractivity contribution in [2.45, 2.75) is 57.9 Å².